The number of aryl methyl sites for hydroxylation is 1. The molecule has 0 atom stereocenters. The molecule has 2 aromatic carbocycles. The Hall–Kier alpha value is -4.71. The molecule has 0 radical (unpaired) electrons. The Bertz CT molecular complexity index is 1560. The maximum atomic E-state index is 13.5. The van der Waals surface area contributed by atoms with Crippen LogP contribution < -0.4 is 10.2 Å². The molecule has 0 saturated heterocycles. The van der Waals surface area contributed by atoms with Crippen LogP contribution in [0.2, 0.25) is 0 Å². The van der Waals surface area contributed by atoms with E-state index in [1.807, 2.05) is 37.3 Å². The van der Waals surface area contributed by atoms with E-state index < -0.39 is 5.91 Å². The van der Waals surface area contributed by atoms with Gasteiger partial charge < -0.3 is 14.7 Å². The van der Waals surface area contributed by atoms with Crippen LogP contribution in [-0.2, 0) is 13.0 Å². The second kappa shape index (κ2) is 9.06. The van der Waals surface area contributed by atoms with E-state index in [1.165, 1.54) is 6.20 Å². The predicted molar refractivity (Wildman–Crippen MR) is 135 cm³/mol. The minimum Gasteiger partial charge on any atom is -0.361 e. The summed E-state index contributed by atoms with van der Waals surface area (Å²) in [5, 5.41) is 20.3. The molecule has 0 spiro atoms. The number of fused-ring (bicyclic) bond motifs is 1. The highest BCUT2D eigenvalue weighted by Gasteiger charge is 2.33. The molecule has 37 heavy (non-hydrogen) atoms. The van der Waals surface area contributed by atoms with E-state index in [0.717, 1.165) is 47.5 Å². The summed E-state index contributed by atoms with van der Waals surface area (Å²) in [6, 6.07) is 16.6. The molecule has 9 heteroatoms. The lowest BCUT2D eigenvalue weighted by Crippen LogP contribution is -2.41. The van der Waals surface area contributed by atoms with Gasteiger partial charge in [-0.2, -0.15) is 10.4 Å². The summed E-state index contributed by atoms with van der Waals surface area (Å²) < 4.78 is 7.14. The summed E-state index contributed by atoms with van der Waals surface area (Å²) >= 11 is 0. The molecule has 1 N–H and O–H groups in total. The van der Waals surface area contributed by atoms with Gasteiger partial charge in [-0.05, 0) is 55.7 Å². The van der Waals surface area contributed by atoms with Crippen LogP contribution in [0.15, 0.2) is 59.3 Å². The summed E-state index contributed by atoms with van der Waals surface area (Å²) in [5.74, 6) is 0.773. The van der Waals surface area contributed by atoms with Crippen molar-refractivity contribution in [1.82, 2.24) is 14.9 Å². The third kappa shape index (κ3) is 4.27. The third-order valence-corrected chi connectivity index (χ3v) is 6.91. The molecule has 1 aliphatic carbocycles. The highest BCUT2D eigenvalue weighted by Crippen LogP contribution is 2.43. The first-order valence-corrected chi connectivity index (χ1v) is 12.2. The molecule has 1 fully saturated rings. The van der Waals surface area contributed by atoms with Crippen LogP contribution >= 0.6 is 0 Å². The van der Waals surface area contributed by atoms with Crippen molar-refractivity contribution in [3.63, 3.8) is 0 Å². The number of nitrogens with zero attached hydrogens (tertiary/aromatic N) is 5. The standard InChI is InChI=1S/C28H24N6O3/c1-17-23(26(37-32-17)20-7-8-20)14-18-5-9-22(10-6-18)33-11-12-34-25(28(33)36)24(16-30-34)27(35)31-21-4-2-3-19(13-21)15-29/h2-6,9-10,13,16,20H,7-8,11-12,14H2,1H3,(H,31,35). The minimum atomic E-state index is -0.447. The van der Waals surface area contributed by atoms with E-state index in [0.29, 0.717) is 30.3 Å². The van der Waals surface area contributed by atoms with E-state index >= 15 is 0 Å². The highest BCUT2D eigenvalue weighted by atomic mass is 16.5. The third-order valence-electron chi connectivity index (χ3n) is 6.91. The molecule has 2 amide bonds. The number of hydrogen-bond donors (Lipinski definition) is 1. The number of nitriles is 1. The lowest BCUT2D eigenvalue weighted by atomic mass is 10.0. The van der Waals surface area contributed by atoms with Crippen LogP contribution in [-0.4, -0.2) is 33.3 Å². The molecule has 0 bridgehead atoms. The number of hydrogen-bond acceptors (Lipinski definition) is 6. The van der Waals surface area contributed by atoms with Crippen LogP contribution in [0.3, 0.4) is 0 Å². The number of carbonyl (C=O) groups excluding carboxylic acids is 2. The summed E-state index contributed by atoms with van der Waals surface area (Å²) in [4.78, 5) is 28.2. The second-order valence-corrected chi connectivity index (χ2v) is 9.46. The van der Waals surface area contributed by atoms with Crippen LogP contribution in [0, 0.1) is 18.3 Å². The van der Waals surface area contributed by atoms with Gasteiger partial charge in [0.1, 0.15) is 11.5 Å². The Kier molecular flexibility index (Phi) is 5.57. The van der Waals surface area contributed by atoms with E-state index in [2.05, 4.69) is 15.6 Å². The molecule has 3 heterocycles. The van der Waals surface area contributed by atoms with Crippen molar-refractivity contribution in [2.75, 3.05) is 16.8 Å². The molecule has 0 unspecified atom stereocenters. The number of rotatable bonds is 6. The fourth-order valence-corrected chi connectivity index (χ4v) is 4.77. The number of nitrogens with one attached hydrogen (secondary N) is 1. The lowest BCUT2D eigenvalue weighted by Gasteiger charge is -2.28. The first kappa shape index (κ1) is 22.7. The smallest absolute Gasteiger partial charge is 0.277 e. The Morgan fingerprint density at radius 2 is 2.00 bits per heavy atom. The highest BCUT2D eigenvalue weighted by molar-refractivity contribution is 6.15. The fourth-order valence-electron chi connectivity index (χ4n) is 4.77. The molecule has 6 rings (SSSR count). The van der Waals surface area contributed by atoms with E-state index in [9.17, 15) is 9.59 Å². The zero-order chi connectivity index (χ0) is 25.5. The van der Waals surface area contributed by atoms with Crippen molar-refractivity contribution in [1.29, 1.82) is 5.26 Å². The van der Waals surface area contributed by atoms with Gasteiger partial charge in [-0.25, -0.2) is 0 Å². The number of anilines is 2. The van der Waals surface area contributed by atoms with Crippen molar-refractivity contribution in [3.05, 3.63) is 94.1 Å². The van der Waals surface area contributed by atoms with Gasteiger partial charge in [-0.3, -0.25) is 14.3 Å². The van der Waals surface area contributed by atoms with Gasteiger partial charge >= 0.3 is 0 Å². The topological polar surface area (TPSA) is 117 Å². The average molecular weight is 493 g/mol. The molecule has 184 valence electrons. The van der Waals surface area contributed by atoms with Crippen molar-refractivity contribution in [3.8, 4) is 6.07 Å². The largest absolute Gasteiger partial charge is 0.361 e. The summed E-state index contributed by atoms with van der Waals surface area (Å²) in [7, 11) is 0. The molecular formula is C28H24N6O3. The molecule has 2 aliphatic rings. The van der Waals surface area contributed by atoms with Crippen molar-refractivity contribution < 1.29 is 14.1 Å². The first-order chi connectivity index (χ1) is 18.0. The van der Waals surface area contributed by atoms with Crippen LogP contribution in [0.5, 0.6) is 0 Å². The van der Waals surface area contributed by atoms with Crippen molar-refractivity contribution >= 4 is 23.2 Å². The maximum Gasteiger partial charge on any atom is 0.277 e. The van der Waals surface area contributed by atoms with Gasteiger partial charge in [0.05, 0.1) is 35.6 Å². The van der Waals surface area contributed by atoms with Crippen LogP contribution in [0.4, 0.5) is 11.4 Å². The van der Waals surface area contributed by atoms with E-state index in [4.69, 9.17) is 9.78 Å². The van der Waals surface area contributed by atoms with Gasteiger partial charge in [0.15, 0.2) is 0 Å². The Labute approximate surface area is 213 Å². The van der Waals surface area contributed by atoms with Gasteiger partial charge in [-0.15, -0.1) is 0 Å². The second-order valence-electron chi connectivity index (χ2n) is 9.46. The van der Waals surface area contributed by atoms with E-state index in [1.54, 1.807) is 33.8 Å². The lowest BCUT2D eigenvalue weighted by molar-refractivity contribution is 0.0947. The Balaban J connectivity index is 1.20. The zero-order valence-electron chi connectivity index (χ0n) is 20.3. The maximum absolute atomic E-state index is 13.5. The predicted octanol–water partition coefficient (Wildman–Crippen LogP) is 4.43. The summed E-state index contributed by atoms with van der Waals surface area (Å²) in [6.45, 7) is 2.90. The number of carbonyl (C=O) groups is 2. The normalized spacial score (nSPS) is 14.8. The Morgan fingerprint density at radius 1 is 1.19 bits per heavy atom. The van der Waals surface area contributed by atoms with Gasteiger partial charge in [0.2, 0.25) is 0 Å². The van der Waals surface area contributed by atoms with Crippen LogP contribution in [0.1, 0.15) is 67.8 Å². The fraction of sp³-hybridized carbons (Fsp3) is 0.250. The van der Waals surface area contributed by atoms with Gasteiger partial charge in [-0.1, -0.05) is 23.4 Å². The molecule has 4 aromatic rings. The first-order valence-electron chi connectivity index (χ1n) is 12.2. The molecular weight excluding hydrogens is 468 g/mol. The zero-order valence-corrected chi connectivity index (χ0v) is 20.3. The summed E-state index contributed by atoms with van der Waals surface area (Å²) in [5.41, 5.74) is 5.32. The number of aromatic nitrogens is 3. The van der Waals surface area contributed by atoms with Gasteiger partial charge in [0, 0.05) is 35.8 Å². The van der Waals surface area contributed by atoms with E-state index in [-0.39, 0.29) is 17.2 Å². The average Bonchev–Trinajstić information content (AvgIpc) is 3.55. The van der Waals surface area contributed by atoms with Crippen molar-refractivity contribution in [2.45, 2.75) is 38.6 Å². The minimum absolute atomic E-state index is 0.198. The van der Waals surface area contributed by atoms with Crippen molar-refractivity contribution in [2.24, 2.45) is 0 Å². The van der Waals surface area contributed by atoms with Crippen LogP contribution in [0.25, 0.3) is 0 Å². The SMILES string of the molecule is Cc1noc(C2CC2)c1Cc1ccc(N2CCn3ncc(C(=O)Nc4cccc(C#N)c4)c3C2=O)cc1. The molecule has 2 aromatic heterocycles. The quantitative estimate of drug-likeness (QED) is 0.425. The molecule has 9 nitrogen and oxygen atoms in total. The number of benzene rings is 2. The van der Waals surface area contributed by atoms with Gasteiger partial charge in [0.25, 0.3) is 11.8 Å². The summed E-state index contributed by atoms with van der Waals surface area (Å²) in [6.07, 6.45) is 4.46. The molecule has 1 saturated carbocycles. The molecule has 1 aliphatic heterocycles. The number of amides is 2. The Morgan fingerprint density at radius 3 is 2.76 bits per heavy atom. The monoisotopic (exact) mass is 492 g/mol.